The Balaban J connectivity index is 5.34. The average Bonchev–Trinajstić information content (AvgIpc) is 2.60. The van der Waals surface area contributed by atoms with Crippen molar-refractivity contribution in [1.82, 2.24) is 16.0 Å². The second-order valence-corrected chi connectivity index (χ2v) is 6.63. The van der Waals surface area contributed by atoms with Crippen molar-refractivity contribution in [1.29, 1.82) is 0 Å². The summed E-state index contributed by atoms with van der Waals surface area (Å²) in [5, 5.41) is 34.6. The second kappa shape index (κ2) is 11.9. The van der Waals surface area contributed by atoms with Crippen molar-refractivity contribution in [3.63, 3.8) is 0 Å². The second-order valence-electron chi connectivity index (χ2n) is 6.63. The molecule has 13 heteroatoms. The zero-order valence-electron chi connectivity index (χ0n) is 16.4. The molecule has 29 heavy (non-hydrogen) atoms. The van der Waals surface area contributed by atoms with Gasteiger partial charge in [-0.3, -0.25) is 24.0 Å². The maximum atomic E-state index is 12.5. The molecule has 0 saturated heterocycles. The number of amides is 4. The first-order valence-corrected chi connectivity index (χ1v) is 8.81. The van der Waals surface area contributed by atoms with E-state index in [1.54, 1.807) is 0 Å². The lowest BCUT2D eigenvalue weighted by molar-refractivity contribution is -0.142. The van der Waals surface area contributed by atoms with Gasteiger partial charge in [-0.05, 0) is 27.2 Å². The number of nitrogens with two attached hydrogens (primary N) is 2. The summed E-state index contributed by atoms with van der Waals surface area (Å²) in [6, 6.07) is -5.53. The number of carboxylic acids is 1. The molecule has 4 amide bonds. The molecular formula is C16H29N5O8. The number of aliphatic hydroxyl groups is 2. The summed E-state index contributed by atoms with van der Waals surface area (Å²) >= 11 is 0. The highest BCUT2D eigenvalue weighted by atomic mass is 16.4. The molecule has 0 rings (SSSR count). The highest BCUT2D eigenvalue weighted by Crippen LogP contribution is 2.03. The van der Waals surface area contributed by atoms with E-state index >= 15 is 0 Å². The SMILES string of the molecule is CC(NC(=O)C(CCC(N)=O)NC(=O)C(NC(=O)C(N)C(C)O)C(C)O)C(=O)O. The van der Waals surface area contributed by atoms with Gasteiger partial charge >= 0.3 is 5.97 Å². The Morgan fingerprint density at radius 2 is 1.41 bits per heavy atom. The van der Waals surface area contributed by atoms with Crippen LogP contribution in [-0.2, 0) is 24.0 Å². The van der Waals surface area contributed by atoms with Crippen LogP contribution in [-0.4, -0.2) is 81.3 Å². The predicted molar refractivity (Wildman–Crippen MR) is 98.9 cm³/mol. The van der Waals surface area contributed by atoms with Crippen molar-refractivity contribution >= 4 is 29.6 Å². The molecular weight excluding hydrogens is 390 g/mol. The summed E-state index contributed by atoms with van der Waals surface area (Å²) in [6.45, 7) is 3.66. The Morgan fingerprint density at radius 3 is 1.83 bits per heavy atom. The van der Waals surface area contributed by atoms with Crippen LogP contribution >= 0.6 is 0 Å². The van der Waals surface area contributed by atoms with Gasteiger partial charge in [-0.1, -0.05) is 0 Å². The Labute approximate surface area is 167 Å². The summed E-state index contributed by atoms with van der Waals surface area (Å²) in [4.78, 5) is 58.6. The first-order chi connectivity index (χ1) is 13.3. The summed E-state index contributed by atoms with van der Waals surface area (Å²) < 4.78 is 0. The molecule has 0 aliphatic carbocycles. The third-order valence-electron chi connectivity index (χ3n) is 3.93. The van der Waals surface area contributed by atoms with E-state index in [0.717, 1.165) is 0 Å². The van der Waals surface area contributed by atoms with Gasteiger partial charge in [-0.2, -0.15) is 0 Å². The fourth-order valence-corrected chi connectivity index (χ4v) is 2.07. The van der Waals surface area contributed by atoms with Gasteiger partial charge in [0.2, 0.25) is 23.6 Å². The molecule has 0 fully saturated rings. The lowest BCUT2D eigenvalue weighted by Crippen LogP contribution is -2.60. The number of carboxylic acid groups (broad SMARTS) is 1. The smallest absolute Gasteiger partial charge is 0.325 e. The van der Waals surface area contributed by atoms with Crippen LogP contribution in [0, 0.1) is 0 Å². The molecule has 0 heterocycles. The highest BCUT2D eigenvalue weighted by molar-refractivity contribution is 5.94. The van der Waals surface area contributed by atoms with Gasteiger partial charge < -0.3 is 42.7 Å². The van der Waals surface area contributed by atoms with Crippen molar-refractivity contribution in [3.8, 4) is 0 Å². The van der Waals surface area contributed by atoms with Crippen molar-refractivity contribution in [2.75, 3.05) is 0 Å². The first kappa shape index (κ1) is 26.2. The average molecular weight is 419 g/mol. The van der Waals surface area contributed by atoms with E-state index in [1.165, 1.54) is 20.8 Å². The maximum absolute atomic E-state index is 12.5. The minimum absolute atomic E-state index is 0.243. The molecule has 10 N–H and O–H groups in total. The normalized spacial score (nSPS) is 17.0. The van der Waals surface area contributed by atoms with Crippen LogP contribution in [0.1, 0.15) is 33.6 Å². The number of hydrogen-bond acceptors (Lipinski definition) is 8. The third kappa shape index (κ3) is 9.32. The number of aliphatic hydroxyl groups excluding tert-OH is 2. The van der Waals surface area contributed by atoms with Gasteiger partial charge in [0.25, 0.3) is 0 Å². The van der Waals surface area contributed by atoms with Crippen LogP contribution in [0.3, 0.4) is 0 Å². The number of carbonyl (C=O) groups excluding carboxylic acids is 4. The quantitative estimate of drug-likeness (QED) is 0.153. The molecule has 0 aliphatic heterocycles. The van der Waals surface area contributed by atoms with Crippen LogP contribution in [0.5, 0.6) is 0 Å². The van der Waals surface area contributed by atoms with E-state index in [9.17, 15) is 34.2 Å². The molecule has 13 nitrogen and oxygen atoms in total. The van der Waals surface area contributed by atoms with E-state index in [-0.39, 0.29) is 12.8 Å². The van der Waals surface area contributed by atoms with Crippen molar-refractivity contribution in [2.45, 2.75) is 70.0 Å². The van der Waals surface area contributed by atoms with Crippen molar-refractivity contribution < 1.29 is 39.3 Å². The molecule has 0 aromatic heterocycles. The van der Waals surface area contributed by atoms with Gasteiger partial charge in [0.15, 0.2) is 0 Å². The molecule has 166 valence electrons. The summed E-state index contributed by atoms with van der Waals surface area (Å²) in [5.41, 5.74) is 10.5. The van der Waals surface area contributed by atoms with Crippen LogP contribution < -0.4 is 27.4 Å². The molecule has 0 radical (unpaired) electrons. The number of aliphatic carboxylic acids is 1. The molecule has 0 saturated carbocycles. The van der Waals surface area contributed by atoms with Crippen LogP contribution in [0.25, 0.3) is 0 Å². The van der Waals surface area contributed by atoms with E-state index in [2.05, 4.69) is 16.0 Å². The maximum Gasteiger partial charge on any atom is 0.325 e. The molecule has 0 spiro atoms. The molecule has 0 aromatic rings. The fraction of sp³-hybridized carbons (Fsp3) is 0.688. The van der Waals surface area contributed by atoms with E-state index < -0.39 is 66.0 Å². The number of hydrogen-bond donors (Lipinski definition) is 8. The Morgan fingerprint density at radius 1 is 0.862 bits per heavy atom. The van der Waals surface area contributed by atoms with Crippen LogP contribution in [0.2, 0.25) is 0 Å². The van der Waals surface area contributed by atoms with Gasteiger partial charge in [0.05, 0.1) is 12.2 Å². The zero-order valence-corrected chi connectivity index (χ0v) is 16.4. The van der Waals surface area contributed by atoms with E-state index in [1.807, 2.05) is 0 Å². The first-order valence-electron chi connectivity index (χ1n) is 8.81. The largest absolute Gasteiger partial charge is 0.480 e. The lowest BCUT2D eigenvalue weighted by Gasteiger charge is -2.26. The molecule has 0 bridgehead atoms. The minimum Gasteiger partial charge on any atom is -0.480 e. The lowest BCUT2D eigenvalue weighted by atomic mass is 10.1. The third-order valence-corrected chi connectivity index (χ3v) is 3.93. The van der Waals surface area contributed by atoms with E-state index in [4.69, 9.17) is 16.6 Å². The molecule has 6 unspecified atom stereocenters. The minimum atomic E-state index is -1.53. The zero-order chi connectivity index (χ0) is 22.9. The number of primary amides is 1. The molecule has 0 aliphatic rings. The number of carbonyl (C=O) groups is 5. The molecule has 0 aromatic carbocycles. The Kier molecular flexibility index (Phi) is 10.8. The fourth-order valence-electron chi connectivity index (χ4n) is 2.07. The van der Waals surface area contributed by atoms with Gasteiger partial charge in [-0.25, -0.2) is 0 Å². The Bertz CT molecular complexity index is 624. The van der Waals surface area contributed by atoms with Gasteiger partial charge in [0, 0.05) is 6.42 Å². The van der Waals surface area contributed by atoms with Gasteiger partial charge in [0.1, 0.15) is 24.2 Å². The Hall–Kier alpha value is -2.77. The van der Waals surface area contributed by atoms with Crippen molar-refractivity contribution in [2.24, 2.45) is 11.5 Å². The standard InChI is InChI=1S/C16H29N5O8/c1-6(16(28)29)19-13(25)9(4-5-10(17)24)20-15(27)12(8(3)23)21-14(26)11(18)7(2)22/h6-9,11-12,22-23H,4-5,18H2,1-3H3,(H2,17,24)(H,19,25)(H,20,27)(H,21,26)(H,28,29). The van der Waals surface area contributed by atoms with E-state index in [0.29, 0.717) is 0 Å². The summed E-state index contributed by atoms with van der Waals surface area (Å²) in [5.74, 6) is -4.88. The van der Waals surface area contributed by atoms with Gasteiger partial charge in [-0.15, -0.1) is 0 Å². The highest BCUT2D eigenvalue weighted by Gasteiger charge is 2.32. The summed E-state index contributed by atoms with van der Waals surface area (Å²) in [7, 11) is 0. The summed E-state index contributed by atoms with van der Waals surface area (Å²) in [6.07, 6.45) is -3.16. The monoisotopic (exact) mass is 419 g/mol. The molecule has 6 atom stereocenters. The van der Waals surface area contributed by atoms with Crippen LogP contribution in [0.15, 0.2) is 0 Å². The number of nitrogens with one attached hydrogen (secondary N) is 3. The number of rotatable bonds is 12. The van der Waals surface area contributed by atoms with Crippen LogP contribution in [0.4, 0.5) is 0 Å². The predicted octanol–water partition coefficient (Wildman–Crippen LogP) is -4.10. The van der Waals surface area contributed by atoms with Crippen molar-refractivity contribution in [3.05, 3.63) is 0 Å². The topological polar surface area (TPSA) is 234 Å².